The number of thioether (sulfide) groups is 2. The molecule has 0 aliphatic heterocycles. The molecule has 0 spiro atoms. The van der Waals surface area contributed by atoms with Gasteiger partial charge in [-0.3, -0.25) is 0 Å². The van der Waals surface area contributed by atoms with E-state index in [0.29, 0.717) is 0 Å². The Morgan fingerprint density at radius 2 is 1.27 bits per heavy atom. The maximum absolute atomic E-state index is 4.25. The molecule has 0 saturated heterocycles. The van der Waals surface area contributed by atoms with Crippen LogP contribution in [0.2, 0.25) is 0 Å². The molecule has 0 amide bonds. The van der Waals surface area contributed by atoms with Crippen molar-refractivity contribution in [3.63, 3.8) is 0 Å². The first-order valence-electron chi connectivity index (χ1n) is 8.52. The van der Waals surface area contributed by atoms with E-state index in [0.717, 1.165) is 19.8 Å². The van der Waals surface area contributed by atoms with Crippen LogP contribution in [0.15, 0.2) is 8.68 Å². The highest BCUT2D eigenvalue weighted by Gasteiger charge is 2.04. The van der Waals surface area contributed by atoms with Crippen LogP contribution in [0.5, 0.6) is 0 Å². The van der Waals surface area contributed by atoms with Gasteiger partial charge < -0.3 is 0 Å². The molecule has 0 unspecified atom stereocenters. The molecule has 128 valence electrons. The molecule has 0 aliphatic rings. The minimum atomic E-state index is 1.01. The summed E-state index contributed by atoms with van der Waals surface area (Å²) in [4.78, 5) is 0. The number of alkyl halides is 1. The molecule has 0 atom stereocenters. The Kier molecular flexibility index (Phi) is 14.4. The largest absolute Gasteiger partial charge is 0.175 e. The topological polar surface area (TPSA) is 25.8 Å². The van der Waals surface area contributed by atoms with Crippen LogP contribution in [0, 0.1) is 0 Å². The predicted molar refractivity (Wildman–Crippen MR) is 107 cm³/mol. The molecule has 0 aliphatic carbocycles. The van der Waals surface area contributed by atoms with E-state index >= 15 is 0 Å². The molecule has 0 saturated carbocycles. The lowest BCUT2D eigenvalue weighted by atomic mass is 10.1. The summed E-state index contributed by atoms with van der Waals surface area (Å²) in [7, 11) is 0. The second kappa shape index (κ2) is 15.3. The van der Waals surface area contributed by atoms with E-state index in [1.807, 2.05) is 11.8 Å². The van der Waals surface area contributed by atoms with Crippen LogP contribution in [0.25, 0.3) is 0 Å². The quantitative estimate of drug-likeness (QED) is 0.171. The fraction of sp³-hybridized carbons (Fsp3) is 0.875. The van der Waals surface area contributed by atoms with E-state index < -0.39 is 0 Å². The maximum Gasteiger partial charge on any atom is 0.175 e. The van der Waals surface area contributed by atoms with Crippen LogP contribution in [0.3, 0.4) is 0 Å². The average molecular weight is 426 g/mol. The number of halogens is 1. The van der Waals surface area contributed by atoms with Crippen molar-refractivity contribution in [2.75, 3.05) is 16.8 Å². The highest BCUT2D eigenvalue weighted by molar-refractivity contribution is 9.09. The molecule has 2 nitrogen and oxygen atoms in total. The molecule has 0 N–H and O–H groups in total. The summed E-state index contributed by atoms with van der Waals surface area (Å²) in [6.45, 7) is 2.28. The Morgan fingerprint density at radius 3 is 1.82 bits per heavy atom. The van der Waals surface area contributed by atoms with E-state index in [9.17, 15) is 0 Å². The van der Waals surface area contributed by atoms with Crippen molar-refractivity contribution in [3.8, 4) is 0 Å². The molecule has 1 rings (SSSR count). The highest BCUT2D eigenvalue weighted by atomic mass is 79.9. The summed E-state index contributed by atoms with van der Waals surface area (Å²) in [5.41, 5.74) is 0. The summed E-state index contributed by atoms with van der Waals surface area (Å²) < 4.78 is 2.23. The first-order valence-corrected chi connectivity index (χ1v) is 12.4. The van der Waals surface area contributed by atoms with E-state index in [1.165, 1.54) is 70.0 Å². The van der Waals surface area contributed by atoms with Crippen molar-refractivity contribution in [1.29, 1.82) is 0 Å². The van der Waals surface area contributed by atoms with Crippen molar-refractivity contribution in [2.45, 2.75) is 79.8 Å². The molecule has 0 aromatic carbocycles. The van der Waals surface area contributed by atoms with Crippen LogP contribution in [-0.2, 0) is 0 Å². The Morgan fingerprint density at radius 1 is 0.773 bits per heavy atom. The Bertz CT molecular complexity index is 361. The molecule has 0 fully saturated rings. The van der Waals surface area contributed by atoms with Crippen LogP contribution >= 0.6 is 50.8 Å². The lowest BCUT2D eigenvalue weighted by Crippen LogP contribution is -1.84. The van der Waals surface area contributed by atoms with Gasteiger partial charge >= 0.3 is 0 Å². The Balaban J connectivity index is 1.88. The average Bonchev–Trinajstić information content (AvgIpc) is 2.98. The molecule has 1 heterocycles. The summed E-state index contributed by atoms with van der Waals surface area (Å²) in [5.74, 6) is 2.26. The van der Waals surface area contributed by atoms with E-state index in [2.05, 4.69) is 33.1 Å². The van der Waals surface area contributed by atoms with Crippen molar-refractivity contribution in [1.82, 2.24) is 10.2 Å². The maximum atomic E-state index is 4.25. The highest BCUT2D eigenvalue weighted by Crippen LogP contribution is 2.29. The zero-order chi connectivity index (χ0) is 15.9. The van der Waals surface area contributed by atoms with Gasteiger partial charge in [0, 0.05) is 16.8 Å². The van der Waals surface area contributed by atoms with Gasteiger partial charge in [-0.15, -0.1) is 10.2 Å². The van der Waals surface area contributed by atoms with Gasteiger partial charge in [-0.2, -0.15) is 0 Å². The second-order valence-corrected chi connectivity index (χ2v) is 9.86. The van der Waals surface area contributed by atoms with Gasteiger partial charge in [0.15, 0.2) is 8.68 Å². The van der Waals surface area contributed by atoms with Crippen molar-refractivity contribution in [3.05, 3.63) is 0 Å². The third kappa shape index (κ3) is 11.3. The fourth-order valence-corrected chi connectivity index (χ4v) is 5.56. The predicted octanol–water partition coefficient (Wildman–Crippen LogP) is 7.04. The third-order valence-electron chi connectivity index (χ3n) is 3.41. The first kappa shape index (κ1) is 20.8. The van der Waals surface area contributed by atoms with Crippen LogP contribution in [0.4, 0.5) is 0 Å². The minimum Gasteiger partial charge on any atom is -0.131 e. The zero-order valence-electron chi connectivity index (χ0n) is 13.7. The molecule has 1 aromatic rings. The van der Waals surface area contributed by atoms with Gasteiger partial charge in [0.05, 0.1) is 0 Å². The number of hydrogen-bond donors (Lipinski definition) is 0. The second-order valence-electron chi connectivity index (χ2n) is 5.40. The zero-order valence-corrected chi connectivity index (χ0v) is 17.7. The molecule has 22 heavy (non-hydrogen) atoms. The summed E-state index contributed by atoms with van der Waals surface area (Å²) in [5, 5.41) is 9.47. The number of aromatic nitrogens is 2. The van der Waals surface area contributed by atoms with Gasteiger partial charge in [-0.05, 0) is 6.42 Å². The Hall–Kier alpha value is 0.740. The molecule has 1 aromatic heterocycles. The summed E-state index contributed by atoms with van der Waals surface area (Å²) in [6, 6.07) is 0. The molecule has 0 bridgehead atoms. The van der Waals surface area contributed by atoms with Crippen molar-refractivity contribution >= 4 is 50.8 Å². The van der Waals surface area contributed by atoms with Crippen LogP contribution in [-0.4, -0.2) is 27.0 Å². The minimum absolute atomic E-state index is 1.01. The number of rotatable bonds is 15. The van der Waals surface area contributed by atoms with Crippen LogP contribution in [0.1, 0.15) is 71.1 Å². The standard InChI is InChI=1S/C16H29BrN2S3/c1-2-3-4-5-6-7-8-9-10-11-13-20-15-18-19-16(22-15)21-14-12-17/h2-14H2,1H3. The van der Waals surface area contributed by atoms with E-state index in [-0.39, 0.29) is 0 Å². The monoisotopic (exact) mass is 424 g/mol. The first-order chi connectivity index (χ1) is 10.9. The normalized spacial score (nSPS) is 11.2. The Labute approximate surface area is 157 Å². The fourth-order valence-electron chi connectivity index (χ4n) is 2.19. The van der Waals surface area contributed by atoms with E-state index in [4.69, 9.17) is 0 Å². The summed E-state index contributed by atoms with van der Waals surface area (Å²) >= 11 is 8.83. The molecule has 6 heteroatoms. The van der Waals surface area contributed by atoms with Crippen molar-refractivity contribution in [2.24, 2.45) is 0 Å². The van der Waals surface area contributed by atoms with Crippen molar-refractivity contribution < 1.29 is 0 Å². The summed E-state index contributed by atoms with van der Waals surface area (Å²) in [6.07, 6.45) is 14.0. The smallest absolute Gasteiger partial charge is 0.131 e. The lowest BCUT2D eigenvalue weighted by molar-refractivity contribution is 0.563. The molecule has 0 radical (unpaired) electrons. The van der Waals surface area contributed by atoms with Gasteiger partial charge in [0.1, 0.15) is 0 Å². The number of nitrogens with zero attached hydrogens (tertiary/aromatic N) is 2. The molecular weight excluding hydrogens is 396 g/mol. The lowest BCUT2D eigenvalue weighted by Gasteiger charge is -2.01. The third-order valence-corrected chi connectivity index (χ3v) is 7.61. The van der Waals surface area contributed by atoms with Gasteiger partial charge in [-0.25, -0.2) is 0 Å². The van der Waals surface area contributed by atoms with Gasteiger partial charge in [0.25, 0.3) is 0 Å². The van der Waals surface area contributed by atoms with Gasteiger partial charge in [-0.1, -0.05) is 116 Å². The molecular formula is C16H29BrN2S3. The number of unbranched alkanes of at least 4 members (excludes halogenated alkanes) is 9. The number of hydrogen-bond acceptors (Lipinski definition) is 5. The van der Waals surface area contributed by atoms with Crippen LogP contribution < -0.4 is 0 Å². The van der Waals surface area contributed by atoms with E-state index in [1.54, 1.807) is 23.1 Å². The SMILES string of the molecule is CCCCCCCCCCCCSc1nnc(SCCBr)s1. The van der Waals surface area contributed by atoms with Gasteiger partial charge in [0.2, 0.25) is 0 Å².